The van der Waals surface area contributed by atoms with Crippen LogP contribution in [0.3, 0.4) is 0 Å². The molecular weight excluding hydrogens is 450 g/mol. The number of ether oxygens (including phenoxy) is 1. The number of unbranched alkanes of at least 4 members (excludes halogenated alkanes) is 3. The van der Waals surface area contributed by atoms with Crippen LogP contribution in [0.25, 0.3) is 16.7 Å². The van der Waals surface area contributed by atoms with Crippen molar-refractivity contribution in [3.8, 4) is 11.4 Å². The van der Waals surface area contributed by atoms with Gasteiger partial charge in [0.1, 0.15) is 22.5 Å². The van der Waals surface area contributed by atoms with Gasteiger partial charge in [0, 0.05) is 10.6 Å². The van der Waals surface area contributed by atoms with Gasteiger partial charge < -0.3 is 9.84 Å². The normalized spacial score (nSPS) is 12.8. The summed E-state index contributed by atoms with van der Waals surface area (Å²) in [7, 11) is 0. The molecule has 0 aliphatic carbocycles. The molecule has 184 valence electrons. The molecule has 2 aromatic carbocycles. The number of fused-ring (bicyclic) bond motifs is 1. The summed E-state index contributed by atoms with van der Waals surface area (Å²) in [6, 6.07) is 9.20. The van der Waals surface area contributed by atoms with E-state index >= 15 is 0 Å². The van der Waals surface area contributed by atoms with Crippen LogP contribution >= 0.6 is 11.6 Å². The lowest BCUT2D eigenvalue weighted by atomic mass is 9.83. The molecule has 1 atom stereocenters. The smallest absolute Gasteiger partial charge is 0.309 e. The Morgan fingerprint density at radius 3 is 2.50 bits per heavy atom. The van der Waals surface area contributed by atoms with Crippen LogP contribution in [0.15, 0.2) is 30.3 Å². The highest BCUT2D eigenvalue weighted by molar-refractivity contribution is 6.31. The number of phenolic OH excluding ortho intramolecular Hbond substituents is 1. The van der Waals surface area contributed by atoms with Crippen LogP contribution in [-0.2, 0) is 21.4 Å². The molecule has 1 N–H and O–H groups in total. The van der Waals surface area contributed by atoms with Crippen molar-refractivity contribution in [2.24, 2.45) is 5.92 Å². The predicted molar refractivity (Wildman–Crippen MR) is 137 cm³/mol. The molecule has 0 aliphatic rings. The molecule has 7 heteroatoms. The van der Waals surface area contributed by atoms with Crippen molar-refractivity contribution in [1.82, 2.24) is 15.0 Å². The second kappa shape index (κ2) is 11.2. The van der Waals surface area contributed by atoms with Crippen molar-refractivity contribution in [3.05, 3.63) is 46.5 Å². The van der Waals surface area contributed by atoms with Crippen LogP contribution < -0.4 is 0 Å². The van der Waals surface area contributed by atoms with Crippen LogP contribution in [0.5, 0.6) is 5.75 Å². The van der Waals surface area contributed by atoms with Crippen LogP contribution in [0.4, 0.5) is 0 Å². The largest absolute Gasteiger partial charge is 0.505 e. The highest BCUT2D eigenvalue weighted by Gasteiger charge is 2.26. The minimum absolute atomic E-state index is 0.137. The molecule has 1 heterocycles. The molecule has 0 saturated heterocycles. The summed E-state index contributed by atoms with van der Waals surface area (Å²) in [5.41, 5.74) is 3.24. The molecule has 1 unspecified atom stereocenters. The molecule has 0 aliphatic heterocycles. The maximum Gasteiger partial charge on any atom is 0.309 e. The van der Waals surface area contributed by atoms with Gasteiger partial charge in [0.15, 0.2) is 0 Å². The number of nitrogens with zero attached hydrogens (tertiary/aromatic N) is 3. The van der Waals surface area contributed by atoms with E-state index in [4.69, 9.17) is 16.3 Å². The second-order valence-corrected chi connectivity index (χ2v) is 10.3. The van der Waals surface area contributed by atoms with E-state index in [1.54, 1.807) is 18.2 Å². The van der Waals surface area contributed by atoms with Crippen LogP contribution in [0.1, 0.15) is 77.8 Å². The molecular formula is C27H36ClN3O3. The first kappa shape index (κ1) is 26.0. The molecule has 0 fully saturated rings. The van der Waals surface area contributed by atoms with Gasteiger partial charge in [-0.1, -0.05) is 71.0 Å². The van der Waals surface area contributed by atoms with E-state index < -0.39 is 0 Å². The quantitative estimate of drug-likeness (QED) is 0.253. The summed E-state index contributed by atoms with van der Waals surface area (Å²) < 4.78 is 5.39. The number of esters is 1. The summed E-state index contributed by atoms with van der Waals surface area (Å²) in [5, 5.41) is 20.9. The third-order valence-corrected chi connectivity index (χ3v) is 6.26. The zero-order chi connectivity index (χ0) is 24.9. The number of carbonyl (C=O) groups excluding carboxylic acids is 1. The number of halogens is 1. The van der Waals surface area contributed by atoms with Gasteiger partial charge in [-0.25, -0.2) is 0 Å². The lowest BCUT2D eigenvalue weighted by molar-refractivity contribution is -0.148. The van der Waals surface area contributed by atoms with Gasteiger partial charge in [-0.3, -0.25) is 4.79 Å². The average molecular weight is 486 g/mol. The maximum absolute atomic E-state index is 12.8. The fraction of sp³-hybridized carbons (Fsp3) is 0.519. The molecule has 6 nitrogen and oxygen atoms in total. The molecule has 0 spiro atoms. The standard InChI is InChI=1S/C27H36ClN3O3/c1-6-8-9-10-11-19(26(33)34-7-2)14-18-15-21(27(3,4)5)25(32)24(16-18)31-29-22-13-12-20(28)17-23(22)30-31/h12-13,15-17,19,32H,6-11,14H2,1-5H3. The number of phenols is 1. The highest BCUT2D eigenvalue weighted by Crippen LogP contribution is 2.37. The van der Waals surface area contributed by atoms with Crippen LogP contribution in [-0.4, -0.2) is 32.7 Å². The Morgan fingerprint density at radius 2 is 1.82 bits per heavy atom. The van der Waals surface area contributed by atoms with Crippen LogP contribution in [0, 0.1) is 5.92 Å². The Hall–Kier alpha value is -2.60. The van der Waals surface area contributed by atoms with Crippen molar-refractivity contribution >= 4 is 28.6 Å². The molecule has 0 saturated carbocycles. The zero-order valence-electron chi connectivity index (χ0n) is 20.9. The molecule has 3 aromatic rings. The van der Waals surface area contributed by atoms with Gasteiger partial charge in [0.2, 0.25) is 0 Å². The number of carbonyl (C=O) groups is 1. The van der Waals surface area contributed by atoms with Crippen LogP contribution in [0.2, 0.25) is 5.02 Å². The van der Waals surface area contributed by atoms with Gasteiger partial charge >= 0.3 is 5.97 Å². The Labute approximate surface area is 207 Å². The average Bonchev–Trinajstić information content (AvgIpc) is 3.19. The Bertz CT molecular complexity index is 1130. The van der Waals surface area contributed by atoms with Gasteiger partial charge in [-0.15, -0.1) is 15.0 Å². The molecule has 34 heavy (non-hydrogen) atoms. The third-order valence-electron chi connectivity index (χ3n) is 6.02. The van der Waals surface area contributed by atoms with Gasteiger partial charge in [0.05, 0.1) is 12.5 Å². The van der Waals surface area contributed by atoms with Crippen molar-refractivity contribution in [3.63, 3.8) is 0 Å². The van der Waals surface area contributed by atoms with E-state index in [1.165, 1.54) is 4.80 Å². The number of benzene rings is 2. The topological polar surface area (TPSA) is 77.2 Å². The van der Waals surface area contributed by atoms with E-state index in [1.807, 2.05) is 19.1 Å². The Balaban J connectivity index is 2.02. The summed E-state index contributed by atoms with van der Waals surface area (Å²) >= 11 is 6.12. The van der Waals surface area contributed by atoms with Gasteiger partial charge in [0.25, 0.3) is 0 Å². The maximum atomic E-state index is 12.8. The Kier molecular flexibility index (Phi) is 8.58. The monoisotopic (exact) mass is 485 g/mol. The third kappa shape index (κ3) is 6.29. The van der Waals surface area contributed by atoms with Gasteiger partial charge in [-0.2, -0.15) is 0 Å². The van der Waals surface area contributed by atoms with E-state index in [9.17, 15) is 9.90 Å². The second-order valence-electron chi connectivity index (χ2n) is 9.89. The van der Waals surface area contributed by atoms with Gasteiger partial charge in [-0.05, 0) is 55.0 Å². The molecule has 0 amide bonds. The van der Waals surface area contributed by atoms with E-state index in [0.29, 0.717) is 34.8 Å². The number of aromatic hydroxyl groups is 1. The van der Waals surface area contributed by atoms with E-state index in [0.717, 1.165) is 43.2 Å². The lowest BCUT2D eigenvalue weighted by Gasteiger charge is -2.24. The Morgan fingerprint density at radius 1 is 1.09 bits per heavy atom. The molecule has 3 rings (SSSR count). The SMILES string of the molecule is CCCCCCC(Cc1cc(-n2nc3ccc(Cl)cc3n2)c(O)c(C(C)(C)C)c1)C(=O)OCC. The first-order chi connectivity index (χ1) is 16.1. The van der Waals surface area contributed by atoms with Crippen molar-refractivity contribution < 1.29 is 14.6 Å². The molecule has 0 bridgehead atoms. The van der Waals surface area contributed by atoms with Crippen molar-refractivity contribution in [1.29, 1.82) is 0 Å². The summed E-state index contributed by atoms with van der Waals surface area (Å²) in [4.78, 5) is 14.2. The van der Waals surface area contributed by atoms with Crippen molar-refractivity contribution in [2.45, 2.75) is 78.6 Å². The summed E-state index contributed by atoms with van der Waals surface area (Å²) in [6.45, 7) is 10.5. The fourth-order valence-corrected chi connectivity index (χ4v) is 4.35. The van der Waals surface area contributed by atoms with E-state index in [2.05, 4.69) is 37.9 Å². The number of aromatic nitrogens is 3. The molecule has 0 radical (unpaired) electrons. The number of rotatable bonds is 10. The first-order valence-corrected chi connectivity index (χ1v) is 12.6. The van der Waals surface area contributed by atoms with E-state index in [-0.39, 0.29) is 23.1 Å². The predicted octanol–water partition coefficient (Wildman–Crippen LogP) is 6.77. The lowest BCUT2D eigenvalue weighted by Crippen LogP contribution is -2.21. The summed E-state index contributed by atoms with van der Waals surface area (Å²) in [5.74, 6) is -0.257. The van der Waals surface area contributed by atoms with Crippen molar-refractivity contribution in [2.75, 3.05) is 6.61 Å². The minimum Gasteiger partial charge on any atom is -0.505 e. The first-order valence-electron chi connectivity index (χ1n) is 12.2. The summed E-state index contributed by atoms with van der Waals surface area (Å²) in [6.07, 6.45) is 5.72. The minimum atomic E-state index is -0.314. The number of hydrogen-bond acceptors (Lipinski definition) is 5. The fourth-order valence-electron chi connectivity index (χ4n) is 4.18. The highest BCUT2D eigenvalue weighted by atomic mass is 35.5. The molecule has 1 aromatic heterocycles. The number of hydrogen-bond donors (Lipinski definition) is 1. The zero-order valence-corrected chi connectivity index (χ0v) is 21.7.